The van der Waals surface area contributed by atoms with E-state index in [9.17, 15) is 9.59 Å². The van der Waals surface area contributed by atoms with Crippen LogP contribution >= 0.6 is 23.5 Å². The van der Waals surface area contributed by atoms with E-state index in [0.29, 0.717) is 16.8 Å². The predicted octanol–water partition coefficient (Wildman–Crippen LogP) is 3.94. The van der Waals surface area contributed by atoms with Gasteiger partial charge in [-0.25, -0.2) is 4.98 Å². The Morgan fingerprint density at radius 1 is 1.19 bits per heavy atom. The highest BCUT2D eigenvalue weighted by molar-refractivity contribution is 7.99. The number of rotatable bonds is 5. The highest BCUT2D eigenvalue weighted by Crippen LogP contribution is 2.21. The lowest BCUT2D eigenvalue weighted by Crippen LogP contribution is -2.37. The number of amides is 2. The van der Waals surface area contributed by atoms with Crippen LogP contribution in [0.2, 0.25) is 0 Å². The standard InChI is InChI=1S/C20H23N3O2S2/c1-3-27-18-13-15(6-7-21-18)19(24)22-17-5-4-16(12-14(17)2)20(25)23-8-10-26-11-9-23/h4-7,12-13H,3,8-11H2,1-2H3,(H,22,24). The Balaban J connectivity index is 1.71. The summed E-state index contributed by atoms with van der Waals surface area (Å²) in [5, 5.41) is 3.77. The lowest BCUT2D eigenvalue weighted by atomic mass is 10.1. The van der Waals surface area contributed by atoms with Gasteiger partial charge in [-0.3, -0.25) is 9.59 Å². The van der Waals surface area contributed by atoms with Crippen molar-refractivity contribution in [1.29, 1.82) is 0 Å². The Morgan fingerprint density at radius 2 is 1.96 bits per heavy atom. The molecule has 7 heteroatoms. The second kappa shape index (κ2) is 9.28. The van der Waals surface area contributed by atoms with Crippen molar-refractivity contribution >= 4 is 41.0 Å². The summed E-state index contributed by atoms with van der Waals surface area (Å²) < 4.78 is 0. The molecule has 0 aliphatic carbocycles. The number of thioether (sulfide) groups is 2. The summed E-state index contributed by atoms with van der Waals surface area (Å²) in [7, 11) is 0. The zero-order valence-corrected chi connectivity index (χ0v) is 17.2. The maximum atomic E-state index is 12.6. The number of carbonyl (C=O) groups is 2. The molecule has 0 atom stereocenters. The fourth-order valence-electron chi connectivity index (χ4n) is 2.86. The minimum atomic E-state index is -0.175. The van der Waals surface area contributed by atoms with E-state index in [-0.39, 0.29) is 11.8 Å². The van der Waals surface area contributed by atoms with Gasteiger partial charge >= 0.3 is 0 Å². The van der Waals surface area contributed by atoms with Crippen LogP contribution in [0.3, 0.4) is 0 Å². The summed E-state index contributed by atoms with van der Waals surface area (Å²) in [5.74, 6) is 2.77. The summed E-state index contributed by atoms with van der Waals surface area (Å²) in [6.07, 6.45) is 1.65. The van der Waals surface area contributed by atoms with E-state index in [1.165, 1.54) is 0 Å². The monoisotopic (exact) mass is 401 g/mol. The topological polar surface area (TPSA) is 62.3 Å². The van der Waals surface area contributed by atoms with Crippen LogP contribution in [0, 0.1) is 6.92 Å². The fraction of sp³-hybridized carbons (Fsp3) is 0.350. The first-order chi connectivity index (χ1) is 13.1. The zero-order valence-electron chi connectivity index (χ0n) is 15.5. The van der Waals surface area contributed by atoms with Crippen LogP contribution in [-0.4, -0.2) is 52.0 Å². The SMILES string of the molecule is CCSc1cc(C(=O)Nc2ccc(C(=O)N3CCSCC3)cc2C)ccn1. The molecule has 0 saturated carbocycles. The van der Waals surface area contributed by atoms with Gasteiger partial charge in [-0.15, -0.1) is 11.8 Å². The third-order valence-corrected chi connectivity index (χ3v) is 6.06. The van der Waals surface area contributed by atoms with Crippen molar-refractivity contribution in [2.24, 2.45) is 0 Å². The van der Waals surface area contributed by atoms with Crippen molar-refractivity contribution in [3.05, 3.63) is 53.2 Å². The third kappa shape index (κ3) is 5.05. The van der Waals surface area contributed by atoms with E-state index < -0.39 is 0 Å². The number of aromatic nitrogens is 1. The van der Waals surface area contributed by atoms with Gasteiger partial charge in [0.25, 0.3) is 11.8 Å². The number of nitrogens with one attached hydrogen (secondary N) is 1. The molecule has 1 fully saturated rings. The van der Waals surface area contributed by atoms with Crippen molar-refractivity contribution in [3.8, 4) is 0 Å². The second-order valence-corrected chi connectivity index (χ2v) is 8.71. The van der Waals surface area contributed by atoms with Crippen LogP contribution in [-0.2, 0) is 0 Å². The lowest BCUT2D eigenvalue weighted by Gasteiger charge is -2.26. The van der Waals surface area contributed by atoms with Crippen molar-refractivity contribution in [2.45, 2.75) is 18.9 Å². The van der Waals surface area contributed by atoms with Crippen molar-refractivity contribution in [3.63, 3.8) is 0 Å². The highest BCUT2D eigenvalue weighted by Gasteiger charge is 2.19. The van der Waals surface area contributed by atoms with Gasteiger partial charge in [-0.2, -0.15) is 11.8 Å². The first-order valence-corrected chi connectivity index (χ1v) is 11.1. The number of carbonyl (C=O) groups excluding carboxylic acids is 2. The Bertz CT molecular complexity index is 836. The molecular formula is C20H23N3O2S2. The Morgan fingerprint density at radius 3 is 2.67 bits per heavy atom. The number of nitrogens with zero attached hydrogens (tertiary/aromatic N) is 2. The lowest BCUT2D eigenvalue weighted by molar-refractivity contribution is 0.0772. The van der Waals surface area contributed by atoms with E-state index in [1.54, 1.807) is 36.2 Å². The van der Waals surface area contributed by atoms with Gasteiger partial charge < -0.3 is 10.2 Å². The molecule has 2 amide bonds. The maximum absolute atomic E-state index is 12.6. The summed E-state index contributed by atoms with van der Waals surface area (Å²) in [6.45, 7) is 5.54. The van der Waals surface area contributed by atoms with E-state index in [0.717, 1.165) is 40.9 Å². The molecule has 3 rings (SSSR count). The summed E-state index contributed by atoms with van der Waals surface area (Å²) in [4.78, 5) is 31.3. The van der Waals surface area contributed by atoms with Gasteiger partial charge in [0.05, 0.1) is 5.03 Å². The van der Waals surface area contributed by atoms with Crippen molar-refractivity contribution in [2.75, 3.05) is 35.7 Å². The minimum absolute atomic E-state index is 0.0617. The third-order valence-electron chi connectivity index (χ3n) is 4.31. The van der Waals surface area contributed by atoms with Gasteiger partial charge in [0.1, 0.15) is 0 Å². The largest absolute Gasteiger partial charge is 0.337 e. The van der Waals surface area contributed by atoms with E-state index in [4.69, 9.17) is 0 Å². The predicted molar refractivity (Wildman–Crippen MR) is 113 cm³/mol. The molecule has 27 heavy (non-hydrogen) atoms. The normalized spacial score (nSPS) is 14.1. The van der Waals surface area contributed by atoms with Crippen molar-refractivity contribution in [1.82, 2.24) is 9.88 Å². The number of hydrogen-bond acceptors (Lipinski definition) is 5. The fourth-order valence-corrected chi connectivity index (χ4v) is 4.40. The minimum Gasteiger partial charge on any atom is -0.337 e. The van der Waals surface area contributed by atoms with Gasteiger partial charge in [-0.1, -0.05) is 6.92 Å². The Kier molecular flexibility index (Phi) is 6.79. The van der Waals surface area contributed by atoms with Crippen LogP contribution in [0.5, 0.6) is 0 Å². The van der Waals surface area contributed by atoms with Crippen LogP contribution in [0.4, 0.5) is 5.69 Å². The van der Waals surface area contributed by atoms with Crippen LogP contribution < -0.4 is 5.32 Å². The second-order valence-electron chi connectivity index (χ2n) is 6.20. The highest BCUT2D eigenvalue weighted by atomic mass is 32.2. The van der Waals surface area contributed by atoms with Crippen LogP contribution in [0.1, 0.15) is 33.2 Å². The number of benzene rings is 1. The molecule has 0 spiro atoms. The first kappa shape index (κ1) is 19.8. The molecule has 1 aliphatic heterocycles. The molecule has 1 aliphatic rings. The Labute approximate surface area is 168 Å². The molecular weight excluding hydrogens is 378 g/mol. The van der Waals surface area contributed by atoms with Crippen LogP contribution in [0.15, 0.2) is 41.6 Å². The quantitative estimate of drug-likeness (QED) is 0.769. The molecule has 2 aromatic rings. The molecule has 5 nitrogen and oxygen atoms in total. The molecule has 1 aromatic carbocycles. The van der Waals surface area contributed by atoms with Crippen molar-refractivity contribution < 1.29 is 9.59 Å². The summed E-state index contributed by atoms with van der Waals surface area (Å²) in [5.41, 5.74) is 2.83. The smallest absolute Gasteiger partial charge is 0.255 e. The van der Waals surface area contributed by atoms with Gasteiger partial charge in [0.15, 0.2) is 0 Å². The molecule has 0 radical (unpaired) electrons. The van der Waals surface area contributed by atoms with Gasteiger partial charge in [0.2, 0.25) is 0 Å². The van der Waals surface area contributed by atoms with Gasteiger partial charge in [0, 0.05) is 47.6 Å². The first-order valence-electron chi connectivity index (χ1n) is 8.96. The molecule has 1 saturated heterocycles. The van der Waals surface area contributed by atoms with E-state index in [2.05, 4.69) is 10.3 Å². The average Bonchev–Trinajstić information content (AvgIpc) is 2.70. The summed E-state index contributed by atoms with van der Waals surface area (Å²) in [6, 6.07) is 8.95. The zero-order chi connectivity index (χ0) is 19.2. The number of anilines is 1. The van der Waals surface area contributed by atoms with Crippen LogP contribution in [0.25, 0.3) is 0 Å². The molecule has 0 unspecified atom stereocenters. The summed E-state index contributed by atoms with van der Waals surface area (Å²) >= 11 is 3.48. The number of hydrogen-bond donors (Lipinski definition) is 1. The average molecular weight is 402 g/mol. The molecule has 1 N–H and O–H groups in total. The molecule has 0 bridgehead atoms. The number of pyridine rings is 1. The number of aryl methyl sites for hydroxylation is 1. The van der Waals surface area contributed by atoms with E-state index in [1.807, 2.05) is 42.6 Å². The molecule has 142 valence electrons. The molecule has 2 heterocycles. The van der Waals surface area contributed by atoms with E-state index >= 15 is 0 Å². The molecule has 1 aromatic heterocycles. The Hall–Kier alpha value is -1.99. The maximum Gasteiger partial charge on any atom is 0.255 e. The van der Waals surface area contributed by atoms with Gasteiger partial charge in [-0.05, 0) is 48.6 Å².